The molecule has 2 N–H and O–H groups in total. The molecule has 4 heteroatoms. The van der Waals surface area contributed by atoms with Crippen LogP contribution < -0.4 is 14.8 Å². The van der Waals surface area contributed by atoms with Crippen LogP contribution in [0.3, 0.4) is 0 Å². The molecule has 0 saturated carbocycles. The highest BCUT2D eigenvalue weighted by Crippen LogP contribution is 2.32. The van der Waals surface area contributed by atoms with Gasteiger partial charge in [-0.2, -0.15) is 0 Å². The van der Waals surface area contributed by atoms with E-state index in [9.17, 15) is 5.11 Å². The summed E-state index contributed by atoms with van der Waals surface area (Å²) in [5.74, 6) is 1.74. The average Bonchev–Trinajstić information content (AvgIpc) is 2.78. The number of fused-ring (bicyclic) bond motifs is 1. The number of rotatable bonds is 8. The van der Waals surface area contributed by atoms with Crippen molar-refractivity contribution in [3.05, 3.63) is 83.9 Å². The smallest absolute Gasteiger partial charge is 0.123 e. The van der Waals surface area contributed by atoms with Crippen LogP contribution >= 0.6 is 0 Å². The van der Waals surface area contributed by atoms with Gasteiger partial charge >= 0.3 is 0 Å². The summed E-state index contributed by atoms with van der Waals surface area (Å²) >= 11 is 0. The highest BCUT2D eigenvalue weighted by Gasteiger charge is 2.20. The molecule has 2 atom stereocenters. The third-order valence-corrected chi connectivity index (χ3v) is 5.38. The van der Waals surface area contributed by atoms with Crippen LogP contribution in [0.1, 0.15) is 17.5 Å². The summed E-state index contributed by atoms with van der Waals surface area (Å²) in [6.07, 6.45) is 1.53. The minimum atomic E-state index is -0.557. The molecule has 4 nitrogen and oxygen atoms in total. The summed E-state index contributed by atoms with van der Waals surface area (Å²) < 4.78 is 11.8. The molecule has 1 heterocycles. The standard InChI is InChI=1S/C26H29NO3/c1-19-6-5-7-20(14-19)21-11-13-26-22(15-21)10-12-25(30-26)17-27-16-23(28)18-29-24-8-3-2-4-9-24/h2-9,11,13-15,23,25,27-28H,10,12,16-18H2,1H3/t23-,25+/m0/s1. The topological polar surface area (TPSA) is 50.7 Å². The fraction of sp³-hybridized carbons (Fsp3) is 0.308. The number of benzene rings is 3. The lowest BCUT2D eigenvalue weighted by molar-refractivity contribution is 0.0998. The van der Waals surface area contributed by atoms with E-state index >= 15 is 0 Å². The maximum atomic E-state index is 10.1. The quantitative estimate of drug-likeness (QED) is 0.586. The maximum absolute atomic E-state index is 10.1. The van der Waals surface area contributed by atoms with Gasteiger partial charge in [-0.1, -0.05) is 54.1 Å². The van der Waals surface area contributed by atoms with E-state index in [1.54, 1.807) is 0 Å². The van der Waals surface area contributed by atoms with Crippen molar-refractivity contribution in [1.29, 1.82) is 0 Å². The van der Waals surface area contributed by atoms with Gasteiger partial charge in [0.05, 0.1) is 0 Å². The molecule has 3 aromatic rings. The van der Waals surface area contributed by atoms with Crippen LogP contribution in [0.25, 0.3) is 11.1 Å². The Kier molecular flexibility index (Phi) is 6.67. The molecule has 0 bridgehead atoms. The van der Waals surface area contributed by atoms with Crippen molar-refractivity contribution >= 4 is 0 Å². The normalized spacial score (nSPS) is 16.4. The highest BCUT2D eigenvalue weighted by atomic mass is 16.5. The van der Waals surface area contributed by atoms with Crippen molar-refractivity contribution in [2.45, 2.75) is 32.0 Å². The van der Waals surface area contributed by atoms with Gasteiger partial charge in [0.2, 0.25) is 0 Å². The summed E-state index contributed by atoms with van der Waals surface area (Å²) in [4.78, 5) is 0. The van der Waals surface area contributed by atoms with Gasteiger partial charge in [-0.05, 0) is 60.7 Å². The molecule has 0 aliphatic carbocycles. The first-order chi connectivity index (χ1) is 14.7. The SMILES string of the molecule is Cc1cccc(-c2ccc3c(c2)CC[C@H](CNC[C@H](O)COc2ccccc2)O3)c1. The molecule has 0 radical (unpaired) electrons. The average molecular weight is 404 g/mol. The van der Waals surface area contributed by atoms with Gasteiger partial charge in [-0.25, -0.2) is 0 Å². The van der Waals surface area contributed by atoms with Gasteiger partial charge in [-0.3, -0.25) is 0 Å². The minimum Gasteiger partial charge on any atom is -0.491 e. The number of hydrogen-bond acceptors (Lipinski definition) is 4. The van der Waals surface area contributed by atoms with Gasteiger partial charge in [-0.15, -0.1) is 0 Å². The van der Waals surface area contributed by atoms with Crippen LogP contribution in [0.15, 0.2) is 72.8 Å². The molecule has 0 aromatic heterocycles. The van der Waals surface area contributed by atoms with E-state index in [0.717, 1.165) is 24.3 Å². The molecule has 0 amide bonds. The van der Waals surface area contributed by atoms with E-state index < -0.39 is 6.10 Å². The van der Waals surface area contributed by atoms with Crippen LogP contribution in [0, 0.1) is 6.92 Å². The van der Waals surface area contributed by atoms with Gasteiger partial charge in [0, 0.05) is 13.1 Å². The van der Waals surface area contributed by atoms with Crippen LogP contribution in [-0.2, 0) is 6.42 Å². The summed E-state index contributed by atoms with van der Waals surface area (Å²) in [5, 5.41) is 13.4. The second-order valence-corrected chi connectivity index (χ2v) is 7.91. The Labute approximate surface area is 178 Å². The number of nitrogens with one attached hydrogen (secondary N) is 1. The van der Waals surface area contributed by atoms with Gasteiger partial charge in [0.15, 0.2) is 0 Å². The lowest BCUT2D eigenvalue weighted by Gasteiger charge is -2.27. The number of ether oxygens (including phenoxy) is 2. The number of aliphatic hydroxyl groups is 1. The minimum absolute atomic E-state index is 0.115. The van der Waals surface area contributed by atoms with E-state index in [1.807, 2.05) is 30.3 Å². The van der Waals surface area contributed by atoms with E-state index in [-0.39, 0.29) is 12.7 Å². The van der Waals surface area contributed by atoms with Gasteiger partial charge < -0.3 is 19.9 Å². The zero-order chi connectivity index (χ0) is 20.8. The predicted molar refractivity (Wildman–Crippen MR) is 120 cm³/mol. The zero-order valence-corrected chi connectivity index (χ0v) is 17.4. The third-order valence-electron chi connectivity index (χ3n) is 5.38. The molecule has 1 aliphatic rings. The number of para-hydroxylation sites is 1. The summed E-state index contributed by atoms with van der Waals surface area (Å²) in [6.45, 7) is 3.58. The van der Waals surface area contributed by atoms with E-state index in [2.05, 4.69) is 54.7 Å². The molecule has 156 valence electrons. The first kappa shape index (κ1) is 20.5. The molecule has 30 heavy (non-hydrogen) atoms. The lowest BCUT2D eigenvalue weighted by Crippen LogP contribution is -2.39. The largest absolute Gasteiger partial charge is 0.491 e. The van der Waals surface area contributed by atoms with Crippen molar-refractivity contribution < 1.29 is 14.6 Å². The second kappa shape index (κ2) is 9.79. The third kappa shape index (κ3) is 5.41. The van der Waals surface area contributed by atoms with Crippen LogP contribution in [0.5, 0.6) is 11.5 Å². The Morgan fingerprint density at radius 3 is 2.70 bits per heavy atom. The molecule has 4 rings (SSSR count). The Morgan fingerprint density at radius 1 is 1.03 bits per heavy atom. The summed E-state index contributed by atoms with van der Waals surface area (Å²) in [5.41, 5.74) is 5.01. The summed E-state index contributed by atoms with van der Waals surface area (Å²) in [7, 11) is 0. The van der Waals surface area contributed by atoms with Crippen molar-refractivity contribution in [3.8, 4) is 22.6 Å². The maximum Gasteiger partial charge on any atom is 0.123 e. The van der Waals surface area contributed by atoms with Crippen LogP contribution in [-0.4, -0.2) is 37.0 Å². The Bertz CT molecular complexity index is 958. The Morgan fingerprint density at radius 2 is 1.87 bits per heavy atom. The van der Waals surface area contributed by atoms with E-state index in [1.165, 1.54) is 22.3 Å². The molecule has 0 fully saturated rings. The van der Waals surface area contributed by atoms with Crippen molar-refractivity contribution in [3.63, 3.8) is 0 Å². The first-order valence-electron chi connectivity index (χ1n) is 10.6. The molecular weight excluding hydrogens is 374 g/mol. The molecule has 3 aromatic carbocycles. The van der Waals surface area contributed by atoms with Crippen molar-refractivity contribution in [2.24, 2.45) is 0 Å². The highest BCUT2D eigenvalue weighted by molar-refractivity contribution is 5.66. The number of hydrogen-bond donors (Lipinski definition) is 2. The monoisotopic (exact) mass is 403 g/mol. The van der Waals surface area contributed by atoms with E-state index in [0.29, 0.717) is 13.1 Å². The fourth-order valence-electron chi connectivity index (χ4n) is 3.77. The summed E-state index contributed by atoms with van der Waals surface area (Å²) in [6, 6.07) is 24.6. The molecule has 0 spiro atoms. The fourth-order valence-corrected chi connectivity index (χ4v) is 3.77. The van der Waals surface area contributed by atoms with Crippen LogP contribution in [0.4, 0.5) is 0 Å². The Hall–Kier alpha value is -2.82. The lowest BCUT2D eigenvalue weighted by atomic mass is 9.96. The van der Waals surface area contributed by atoms with Gasteiger partial charge in [0.1, 0.15) is 30.3 Å². The number of aliphatic hydroxyl groups excluding tert-OH is 1. The zero-order valence-electron chi connectivity index (χ0n) is 17.4. The first-order valence-corrected chi connectivity index (χ1v) is 10.6. The molecule has 0 unspecified atom stereocenters. The molecular formula is C26H29NO3. The molecule has 0 saturated heterocycles. The predicted octanol–water partition coefficient (Wildman–Crippen LogP) is 4.39. The van der Waals surface area contributed by atoms with Crippen molar-refractivity contribution in [1.82, 2.24) is 5.32 Å². The molecule has 1 aliphatic heterocycles. The van der Waals surface area contributed by atoms with Gasteiger partial charge in [0.25, 0.3) is 0 Å². The van der Waals surface area contributed by atoms with E-state index in [4.69, 9.17) is 9.47 Å². The second-order valence-electron chi connectivity index (χ2n) is 7.91. The van der Waals surface area contributed by atoms with Crippen LogP contribution in [0.2, 0.25) is 0 Å². The van der Waals surface area contributed by atoms with Crippen molar-refractivity contribution in [2.75, 3.05) is 19.7 Å². The number of aryl methyl sites for hydroxylation is 2. The Balaban J connectivity index is 1.24.